The second-order valence-electron chi connectivity index (χ2n) is 5.03. The quantitative estimate of drug-likeness (QED) is 0.910. The van der Waals surface area contributed by atoms with Crippen LogP contribution in [0.5, 0.6) is 0 Å². The van der Waals surface area contributed by atoms with Crippen LogP contribution in [0.2, 0.25) is 0 Å². The Morgan fingerprint density at radius 3 is 2.68 bits per heavy atom. The average Bonchev–Trinajstić information content (AvgIpc) is 2.86. The van der Waals surface area contributed by atoms with Crippen molar-refractivity contribution in [1.29, 1.82) is 0 Å². The number of hydrogen-bond donors (Lipinski definition) is 1. The first-order valence-electron chi connectivity index (χ1n) is 6.51. The normalized spacial score (nSPS) is 16.0. The SMILES string of the molecule is CN(CC(=O)Nc1ccc(F)cc1F)C1CCCC1. The van der Waals surface area contributed by atoms with Gasteiger partial charge in [-0.3, -0.25) is 9.69 Å². The van der Waals surface area contributed by atoms with Crippen LogP contribution in [-0.2, 0) is 4.79 Å². The number of halogens is 2. The second kappa shape index (κ2) is 6.10. The molecule has 0 bridgehead atoms. The molecule has 5 heteroatoms. The number of carbonyl (C=O) groups is 1. The number of benzene rings is 1. The molecule has 1 fully saturated rings. The fourth-order valence-electron chi connectivity index (χ4n) is 2.48. The number of nitrogens with zero attached hydrogens (tertiary/aromatic N) is 1. The maximum absolute atomic E-state index is 13.4. The monoisotopic (exact) mass is 268 g/mol. The number of likely N-dealkylation sites (N-methyl/N-ethyl adjacent to an activating group) is 1. The smallest absolute Gasteiger partial charge is 0.238 e. The lowest BCUT2D eigenvalue weighted by Crippen LogP contribution is -2.36. The third-order valence-corrected chi connectivity index (χ3v) is 3.55. The maximum Gasteiger partial charge on any atom is 0.238 e. The van der Waals surface area contributed by atoms with Crippen molar-refractivity contribution in [2.75, 3.05) is 18.9 Å². The van der Waals surface area contributed by atoms with Crippen LogP contribution in [0.3, 0.4) is 0 Å². The van der Waals surface area contributed by atoms with Gasteiger partial charge in [0.1, 0.15) is 11.6 Å². The third kappa shape index (κ3) is 3.73. The fourth-order valence-corrected chi connectivity index (χ4v) is 2.48. The Hall–Kier alpha value is -1.49. The van der Waals surface area contributed by atoms with Crippen LogP contribution in [0, 0.1) is 11.6 Å². The van der Waals surface area contributed by atoms with E-state index in [4.69, 9.17) is 0 Å². The second-order valence-corrected chi connectivity index (χ2v) is 5.03. The van der Waals surface area contributed by atoms with E-state index >= 15 is 0 Å². The minimum absolute atomic E-state index is 0.0196. The van der Waals surface area contributed by atoms with Gasteiger partial charge in [-0.15, -0.1) is 0 Å². The highest BCUT2D eigenvalue weighted by Crippen LogP contribution is 2.22. The molecule has 1 aromatic carbocycles. The minimum atomic E-state index is -0.753. The Labute approximate surface area is 111 Å². The first-order chi connectivity index (χ1) is 9.06. The van der Waals surface area contributed by atoms with Crippen molar-refractivity contribution in [2.24, 2.45) is 0 Å². The molecule has 3 nitrogen and oxygen atoms in total. The Bertz CT molecular complexity index is 459. The van der Waals surface area contributed by atoms with Gasteiger partial charge in [0.05, 0.1) is 12.2 Å². The van der Waals surface area contributed by atoms with E-state index in [0.717, 1.165) is 25.0 Å². The zero-order chi connectivity index (χ0) is 13.8. The number of nitrogens with one attached hydrogen (secondary N) is 1. The zero-order valence-corrected chi connectivity index (χ0v) is 11.0. The number of hydrogen-bond acceptors (Lipinski definition) is 2. The van der Waals surface area contributed by atoms with Crippen LogP contribution in [0.4, 0.5) is 14.5 Å². The van der Waals surface area contributed by atoms with E-state index in [9.17, 15) is 13.6 Å². The number of anilines is 1. The first-order valence-corrected chi connectivity index (χ1v) is 6.51. The van der Waals surface area contributed by atoms with Crippen molar-refractivity contribution in [1.82, 2.24) is 4.90 Å². The molecular formula is C14H18F2N2O. The summed E-state index contributed by atoms with van der Waals surface area (Å²) >= 11 is 0. The molecule has 1 aliphatic rings. The predicted octanol–water partition coefficient (Wildman–Crippen LogP) is 2.78. The third-order valence-electron chi connectivity index (χ3n) is 3.55. The molecular weight excluding hydrogens is 250 g/mol. The highest BCUT2D eigenvalue weighted by atomic mass is 19.1. The van der Waals surface area contributed by atoms with Crippen LogP contribution in [0.1, 0.15) is 25.7 Å². The van der Waals surface area contributed by atoms with E-state index in [0.29, 0.717) is 6.04 Å². The van der Waals surface area contributed by atoms with Gasteiger partial charge in [-0.1, -0.05) is 12.8 Å². The van der Waals surface area contributed by atoms with Gasteiger partial charge in [0, 0.05) is 12.1 Å². The zero-order valence-electron chi connectivity index (χ0n) is 11.0. The molecule has 0 radical (unpaired) electrons. The molecule has 0 spiro atoms. The van der Waals surface area contributed by atoms with Gasteiger partial charge in [-0.25, -0.2) is 8.78 Å². The number of carbonyl (C=O) groups excluding carboxylic acids is 1. The van der Waals surface area contributed by atoms with Gasteiger partial charge in [0.25, 0.3) is 0 Å². The summed E-state index contributed by atoms with van der Waals surface area (Å²) in [6.45, 7) is 0.224. The Kier molecular flexibility index (Phi) is 4.47. The molecule has 104 valence electrons. The van der Waals surface area contributed by atoms with Gasteiger partial charge in [0.15, 0.2) is 0 Å². The van der Waals surface area contributed by atoms with Crippen molar-refractivity contribution >= 4 is 11.6 Å². The molecule has 1 N–H and O–H groups in total. The van der Waals surface area contributed by atoms with E-state index in [2.05, 4.69) is 5.32 Å². The first kappa shape index (κ1) is 13.9. The van der Waals surface area contributed by atoms with Crippen LogP contribution < -0.4 is 5.32 Å². The lowest BCUT2D eigenvalue weighted by atomic mass is 10.2. The molecule has 1 aliphatic carbocycles. The summed E-state index contributed by atoms with van der Waals surface area (Å²) in [5.41, 5.74) is 0.0196. The van der Waals surface area contributed by atoms with Crippen LogP contribution in [-0.4, -0.2) is 30.4 Å². The summed E-state index contributed by atoms with van der Waals surface area (Å²) in [5, 5.41) is 2.47. The molecule has 0 aliphatic heterocycles. The van der Waals surface area contributed by atoms with Gasteiger partial charge in [-0.2, -0.15) is 0 Å². The van der Waals surface area contributed by atoms with E-state index in [-0.39, 0.29) is 18.1 Å². The molecule has 0 saturated heterocycles. The van der Waals surface area contributed by atoms with E-state index < -0.39 is 11.6 Å². The molecule has 1 aromatic rings. The summed E-state index contributed by atoms with van der Waals surface area (Å²) < 4.78 is 26.1. The van der Waals surface area contributed by atoms with Gasteiger partial charge < -0.3 is 5.32 Å². The fraction of sp³-hybridized carbons (Fsp3) is 0.500. The number of amides is 1. The van der Waals surface area contributed by atoms with Crippen molar-refractivity contribution in [3.8, 4) is 0 Å². The summed E-state index contributed by atoms with van der Waals surface area (Å²) in [5.74, 6) is -1.68. The Morgan fingerprint density at radius 1 is 1.37 bits per heavy atom. The summed E-state index contributed by atoms with van der Waals surface area (Å²) in [6.07, 6.45) is 4.61. The highest BCUT2D eigenvalue weighted by molar-refractivity contribution is 5.92. The van der Waals surface area contributed by atoms with Gasteiger partial charge >= 0.3 is 0 Å². The lowest BCUT2D eigenvalue weighted by Gasteiger charge is -2.23. The van der Waals surface area contributed by atoms with Crippen molar-refractivity contribution in [3.63, 3.8) is 0 Å². The summed E-state index contributed by atoms with van der Waals surface area (Å²) in [6, 6.07) is 3.55. The number of rotatable bonds is 4. The molecule has 1 amide bonds. The summed E-state index contributed by atoms with van der Waals surface area (Å²) in [4.78, 5) is 13.8. The largest absolute Gasteiger partial charge is 0.322 e. The van der Waals surface area contributed by atoms with Crippen LogP contribution in [0.15, 0.2) is 18.2 Å². The molecule has 2 rings (SSSR count). The van der Waals surface area contributed by atoms with Crippen LogP contribution >= 0.6 is 0 Å². The van der Waals surface area contributed by atoms with E-state index in [1.54, 1.807) is 0 Å². The molecule has 0 aromatic heterocycles. The molecule has 0 unspecified atom stereocenters. The lowest BCUT2D eigenvalue weighted by molar-refractivity contribution is -0.117. The van der Waals surface area contributed by atoms with Crippen LogP contribution in [0.25, 0.3) is 0 Å². The van der Waals surface area contributed by atoms with Gasteiger partial charge in [0.2, 0.25) is 5.91 Å². The summed E-state index contributed by atoms with van der Waals surface area (Å²) in [7, 11) is 1.90. The molecule has 0 heterocycles. The standard InChI is InChI=1S/C14H18F2N2O/c1-18(11-4-2-3-5-11)9-14(19)17-13-7-6-10(15)8-12(13)16/h6-8,11H,2-5,9H2,1H3,(H,17,19). The maximum atomic E-state index is 13.4. The predicted molar refractivity (Wildman–Crippen MR) is 69.9 cm³/mol. The topological polar surface area (TPSA) is 32.3 Å². The van der Waals surface area contributed by atoms with E-state index in [1.807, 2.05) is 11.9 Å². The van der Waals surface area contributed by atoms with Crippen molar-refractivity contribution in [2.45, 2.75) is 31.7 Å². The average molecular weight is 268 g/mol. The van der Waals surface area contributed by atoms with Crippen molar-refractivity contribution in [3.05, 3.63) is 29.8 Å². The molecule has 0 atom stereocenters. The van der Waals surface area contributed by atoms with Gasteiger partial charge in [-0.05, 0) is 32.0 Å². The van der Waals surface area contributed by atoms with Crippen molar-refractivity contribution < 1.29 is 13.6 Å². The Morgan fingerprint density at radius 2 is 2.05 bits per heavy atom. The molecule has 1 saturated carbocycles. The minimum Gasteiger partial charge on any atom is -0.322 e. The molecule has 19 heavy (non-hydrogen) atoms. The van der Waals surface area contributed by atoms with E-state index in [1.165, 1.54) is 18.9 Å². The highest BCUT2D eigenvalue weighted by Gasteiger charge is 2.21. The Balaban J connectivity index is 1.89.